The van der Waals surface area contributed by atoms with Gasteiger partial charge in [0.25, 0.3) is 5.91 Å². The van der Waals surface area contributed by atoms with Crippen molar-refractivity contribution in [3.05, 3.63) is 51.8 Å². The quantitative estimate of drug-likeness (QED) is 0.345. The molecule has 2 bridgehead atoms. The Bertz CT molecular complexity index is 1340. The van der Waals surface area contributed by atoms with Crippen LogP contribution in [-0.2, 0) is 9.47 Å². The second kappa shape index (κ2) is 10.2. The average molecular weight is 626 g/mol. The van der Waals surface area contributed by atoms with Crippen LogP contribution in [0.15, 0.2) is 46.0 Å². The summed E-state index contributed by atoms with van der Waals surface area (Å²) >= 11 is 10.7. The molecule has 0 radical (unpaired) electrons. The second-order valence-electron chi connectivity index (χ2n) is 10.0. The van der Waals surface area contributed by atoms with Crippen molar-refractivity contribution >= 4 is 45.2 Å². The number of aliphatic hydroxyl groups is 2. The summed E-state index contributed by atoms with van der Waals surface area (Å²) in [7, 11) is 1.52. The molecule has 4 fully saturated rings. The first-order valence-electron chi connectivity index (χ1n) is 12.2. The van der Waals surface area contributed by atoms with Crippen molar-refractivity contribution in [1.82, 2.24) is 30.1 Å². The number of amides is 1. The third kappa shape index (κ3) is 4.67. The molecular weight excluding hydrogens is 600 g/mol. The first-order chi connectivity index (χ1) is 18.3. The fourth-order valence-corrected chi connectivity index (χ4v) is 7.49. The van der Waals surface area contributed by atoms with Crippen LogP contribution >= 0.6 is 39.3 Å². The largest absolute Gasteiger partial charge is 0.394 e. The van der Waals surface area contributed by atoms with E-state index in [1.54, 1.807) is 24.5 Å². The van der Waals surface area contributed by atoms with E-state index in [9.17, 15) is 15.0 Å². The number of hydrogen-bond donors (Lipinski definition) is 3. The Morgan fingerprint density at radius 2 is 2.16 bits per heavy atom. The third-order valence-corrected chi connectivity index (χ3v) is 9.44. The summed E-state index contributed by atoms with van der Waals surface area (Å²) in [5.41, 5.74) is -0.218. The molecule has 7 rings (SSSR count). The summed E-state index contributed by atoms with van der Waals surface area (Å²) < 4.78 is 15.7. The van der Waals surface area contributed by atoms with Crippen LogP contribution in [-0.4, -0.2) is 83.9 Å². The lowest BCUT2D eigenvalue weighted by Crippen LogP contribution is -2.68. The number of rotatable bonds is 8. The maximum Gasteiger partial charge on any atom is 0.252 e. The van der Waals surface area contributed by atoms with Crippen molar-refractivity contribution in [3.8, 4) is 5.82 Å². The van der Waals surface area contributed by atoms with E-state index in [1.165, 1.54) is 28.2 Å². The van der Waals surface area contributed by atoms with Gasteiger partial charge in [-0.1, -0.05) is 44.5 Å². The van der Waals surface area contributed by atoms with Gasteiger partial charge in [-0.3, -0.25) is 4.79 Å². The van der Waals surface area contributed by atoms with Gasteiger partial charge in [0.05, 0.1) is 18.4 Å². The molecular formula is C24H26BrClN6O5S. The predicted octanol–water partition coefficient (Wildman–Crippen LogP) is 2.59. The topological polar surface area (TPSA) is 137 Å². The minimum Gasteiger partial charge on any atom is -0.394 e. The molecule has 2 unspecified atom stereocenters. The Hall–Kier alpha value is -2.00. The highest BCUT2D eigenvalue weighted by molar-refractivity contribution is 9.10. The van der Waals surface area contributed by atoms with Gasteiger partial charge in [0.15, 0.2) is 11.0 Å². The van der Waals surface area contributed by atoms with E-state index in [1.807, 2.05) is 12.1 Å². The number of ether oxygens (including phenoxy) is 2. The van der Waals surface area contributed by atoms with E-state index in [2.05, 4.69) is 36.7 Å². The number of carbonyl (C=O) groups is 1. The van der Waals surface area contributed by atoms with Crippen molar-refractivity contribution in [2.45, 2.75) is 59.5 Å². The lowest BCUT2D eigenvalue weighted by Gasteiger charge is -2.61. The Labute approximate surface area is 235 Å². The number of hydrogen-bond acceptors (Lipinski definition) is 9. The predicted molar refractivity (Wildman–Crippen MR) is 141 cm³/mol. The third-order valence-electron chi connectivity index (χ3n) is 7.54. The summed E-state index contributed by atoms with van der Waals surface area (Å²) in [6.45, 7) is -0.420. The van der Waals surface area contributed by atoms with Crippen molar-refractivity contribution in [2.75, 3.05) is 13.7 Å². The van der Waals surface area contributed by atoms with Crippen molar-refractivity contribution in [2.24, 2.45) is 5.92 Å². The molecule has 11 nitrogen and oxygen atoms in total. The van der Waals surface area contributed by atoms with Gasteiger partial charge in [-0.25, -0.2) is 9.36 Å². The van der Waals surface area contributed by atoms with E-state index < -0.39 is 36.4 Å². The Kier molecular flexibility index (Phi) is 7.04. The van der Waals surface area contributed by atoms with E-state index >= 15 is 0 Å². The van der Waals surface area contributed by atoms with E-state index in [-0.39, 0.29) is 11.4 Å². The molecule has 14 heteroatoms. The van der Waals surface area contributed by atoms with Crippen LogP contribution in [0.3, 0.4) is 0 Å². The molecule has 1 aromatic carbocycles. The SMILES string of the molecule is COC1[C@@H](Sc2cc(Br)ccc2C(=O)NC23CC(C2)C3)OC(CO)[C@H](O)[C@@H]1n1cc(-n2ccc(Cl)n2)nn1. The number of aromatic nitrogens is 5. The lowest BCUT2D eigenvalue weighted by molar-refractivity contribution is -0.186. The van der Waals surface area contributed by atoms with Gasteiger partial charge < -0.3 is 25.0 Å². The van der Waals surface area contributed by atoms with Gasteiger partial charge in [-0.15, -0.1) is 5.10 Å². The maximum absolute atomic E-state index is 13.3. The van der Waals surface area contributed by atoms with Crippen LogP contribution in [0, 0.1) is 5.92 Å². The van der Waals surface area contributed by atoms with Gasteiger partial charge in [-0.05, 0) is 49.4 Å². The minimum absolute atomic E-state index is 0.0616. The summed E-state index contributed by atoms with van der Waals surface area (Å²) in [5.74, 6) is 1.01. The van der Waals surface area contributed by atoms with E-state index in [4.69, 9.17) is 21.1 Å². The number of methoxy groups -OCH3 is 1. The lowest BCUT2D eigenvalue weighted by atomic mass is 9.50. The monoisotopic (exact) mass is 624 g/mol. The average Bonchev–Trinajstić information content (AvgIpc) is 3.50. The maximum atomic E-state index is 13.3. The fourth-order valence-electron chi connectivity index (χ4n) is 5.50. The second-order valence-corrected chi connectivity index (χ2v) is 12.5. The fraction of sp³-hybridized carbons (Fsp3) is 0.500. The highest BCUT2D eigenvalue weighted by Crippen LogP contribution is 2.57. The minimum atomic E-state index is -1.15. The highest BCUT2D eigenvalue weighted by Gasteiger charge is 2.57. The molecule has 1 amide bonds. The summed E-state index contributed by atoms with van der Waals surface area (Å²) in [4.78, 5) is 14.0. The molecule has 3 aromatic rings. The smallest absolute Gasteiger partial charge is 0.252 e. The van der Waals surface area contributed by atoms with Crippen molar-refractivity contribution < 1.29 is 24.5 Å². The summed E-state index contributed by atoms with van der Waals surface area (Å²) in [5, 5.41) is 37.2. The summed E-state index contributed by atoms with van der Waals surface area (Å²) in [6, 6.07) is 6.35. The number of benzene rings is 1. The molecule has 1 saturated heterocycles. The molecule has 4 aliphatic rings. The molecule has 38 heavy (non-hydrogen) atoms. The van der Waals surface area contributed by atoms with Crippen LogP contribution in [0.1, 0.15) is 35.7 Å². The number of nitrogens with zero attached hydrogens (tertiary/aromatic N) is 5. The van der Waals surface area contributed by atoms with Gasteiger partial charge in [0.1, 0.15) is 29.8 Å². The number of halogens is 2. The zero-order valence-corrected chi connectivity index (χ0v) is 23.4. The molecule has 3 saturated carbocycles. The molecule has 0 spiro atoms. The zero-order valence-electron chi connectivity index (χ0n) is 20.3. The molecule has 5 atom stereocenters. The zero-order chi connectivity index (χ0) is 26.6. The molecule has 1 aliphatic heterocycles. The molecule has 2 aromatic heterocycles. The van der Waals surface area contributed by atoms with Crippen LogP contribution in [0.4, 0.5) is 0 Å². The first-order valence-corrected chi connectivity index (χ1v) is 14.2. The molecule has 3 N–H and O–H groups in total. The molecule has 3 aliphatic carbocycles. The van der Waals surface area contributed by atoms with E-state index in [0.717, 1.165) is 29.7 Å². The standard InChI is InChI=1S/C24H26BrClN6O5S/c1-36-21-19(32-10-18(28-30-32)31-5-4-17(26)29-31)20(34)15(11-33)37-23(21)38-16-6-13(25)2-3-14(16)22(35)27-24-7-12(8-24)9-24/h2-6,10,12,15,19-21,23,33-34H,7-9,11H2,1H3,(H,27,35)/t12?,15?,19-,20-,21?,23+,24?/m0/s1. The Morgan fingerprint density at radius 1 is 1.37 bits per heavy atom. The van der Waals surface area contributed by atoms with Crippen LogP contribution in [0.2, 0.25) is 5.15 Å². The van der Waals surface area contributed by atoms with Gasteiger partial charge in [0, 0.05) is 28.2 Å². The van der Waals surface area contributed by atoms with Crippen LogP contribution in [0.25, 0.3) is 5.82 Å². The number of nitrogens with one attached hydrogen (secondary N) is 1. The van der Waals surface area contributed by atoms with Crippen molar-refractivity contribution in [1.29, 1.82) is 0 Å². The van der Waals surface area contributed by atoms with Gasteiger partial charge in [-0.2, -0.15) is 5.10 Å². The molecule has 202 valence electrons. The first kappa shape index (κ1) is 26.2. The van der Waals surface area contributed by atoms with Crippen molar-refractivity contribution in [3.63, 3.8) is 0 Å². The highest BCUT2D eigenvalue weighted by atomic mass is 79.9. The van der Waals surface area contributed by atoms with Crippen LogP contribution in [0.5, 0.6) is 0 Å². The van der Waals surface area contributed by atoms with Crippen LogP contribution < -0.4 is 5.32 Å². The Morgan fingerprint density at radius 3 is 2.79 bits per heavy atom. The number of thioether (sulfide) groups is 1. The number of aliphatic hydroxyl groups excluding tert-OH is 2. The molecule has 3 heterocycles. The van der Waals surface area contributed by atoms with E-state index in [0.29, 0.717) is 21.4 Å². The van der Waals surface area contributed by atoms with Gasteiger partial charge in [0.2, 0.25) is 0 Å². The Balaban J connectivity index is 1.29. The number of carbonyl (C=O) groups excluding carboxylic acids is 1. The van der Waals surface area contributed by atoms with Gasteiger partial charge >= 0.3 is 0 Å². The normalized spacial score (nSPS) is 31.9. The summed E-state index contributed by atoms with van der Waals surface area (Å²) in [6.07, 6.45) is 3.61.